The summed E-state index contributed by atoms with van der Waals surface area (Å²) in [5.41, 5.74) is 6.70. The number of nitrogens with zero attached hydrogens (tertiary/aromatic N) is 1. The normalized spacial score (nSPS) is 20.4. The van der Waals surface area contributed by atoms with Gasteiger partial charge in [-0.15, -0.1) is 11.3 Å². The molecule has 142 valence electrons. The van der Waals surface area contributed by atoms with Gasteiger partial charge < -0.3 is 19.6 Å². The van der Waals surface area contributed by atoms with E-state index < -0.39 is 0 Å². The van der Waals surface area contributed by atoms with E-state index in [-0.39, 0.29) is 12.3 Å². The number of hydrazine groups is 1. The maximum atomic E-state index is 6.44. The fraction of sp³-hybridized carbons (Fsp3) is 0.182. The summed E-state index contributed by atoms with van der Waals surface area (Å²) in [7, 11) is 3.30. The topological polar surface area (TPSA) is 43.0 Å². The van der Waals surface area contributed by atoms with Crippen molar-refractivity contribution in [2.45, 2.75) is 12.3 Å². The van der Waals surface area contributed by atoms with Gasteiger partial charge in [0.25, 0.3) is 0 Å². The van der Waals surface area contributed by atoms with Gasteiger partial charge in [0.05, 0.1) is 36.4 Å². The summed E-state index contributed by atoms with van der Waals surface area (Å²) < 4.78 is 17.6. The Labute approximate surface area is 167 Å². The van der Waals surface area contributed by atoms with Crippen LogP contribution in [0.4, 0.5) is 0 Å². The molecule has 6 heteroatoms. The summed E-state index contributed by atoms with van der Waals surface area (Å²) in [5, 5.41) is 4.22. The van der Waals surface area contributed by atoms with Gasteiger partial charge in [-0.05, 0) is 35.7 Å². The maximum Gasteiger partial charge on any atom is 0.199 e. The molecule has 28 heavy (non-hydrogen) atoms. The van der Waals surface area contributed by atoms with Crippen molar-refractivity contribution in [2.24, 2.45) is 0 Å². The van der Waals surface area contributed by atoms with E-state index in [9.17, 15) is 0 Å². The zero-order chi connectivity index (χ0) is 19.1. The van der Waals surface area contributed by atoms with Crippen LogP contribution in [0.5, 0.6) is 17.2 Å². The maximum absolute atomic E-state index is 6.44. The molecule has 0 saturated heterocycles. The number of nitrogens with one attached hydrogen (secondary N) is 1. The third-order valence-electron chi connectivity index (χ3n) is 5.09. The summed E-state index contributed by atoms with van der Waals surface area (Å²) in [6.45, 7) is 0. The molecule has 0 spiro atoms. The number of hydrogen-bond acceptors (Lipinski definition) is 6. The predicted octanol–water partition coefficient (Wildman–Crippen LogP) is 4.76. The molecule has 5 nitrogen and oxygen atoms in total. The van der Waals surface area contributed by atoms with Crippen LogP contribution >= 0.6 is 11.3 Å². The van der Waals surface area contributed by atoms with Crippen LogP contribution in [-0.2, 0) is 0 Å². The van der Waals surface area contributed by atoms with Crippen molar-refractivity contribution in [2.75, 3.05) is 14.2 Å². The van der Waals surface area contributed by atoms with Gasteiger partial charge in [-0.25, -0.2) is 0 Å². The van der Waals surface area contributed by atoms with E-state index in [2.05, 4.69) is 40.1 Å². The van der Waals surface area contributed by atoms with Gasteiger partial charge in [-0.2, -0.15) is 5.01 Å². The molecule has 0 radical (unpaired) electrons. The Morgan fingerprint density at radius 3 is 2.61 bits per heavy atom. The van der Waals surface area contributed by atoms with Gasteiger partial charge >= 0.3 is 0 Å². The Morgan fingerprint density at radius 1 is 0.964 bits per heavy atom. The molecule has 2 atom stereocenters. The fourth-order valence-electron chi connectivity index (χ4n) is 3.83. The van der Waals surface area contributed by atoms with Gasteiger partial charge in [-0.3, -0.25) is 0 Å². The van der Waals surface area contributed by atoms with Crippen molar-refractivity contribution >= 4 is 17.0 Å². The standard InChI is InChI=1S/C22H20N2O3S/c1-25-19-10-5-8-15(21(19)26-2)22-24-17(14-7-3-4-9-18(14)27-22)13-16(23-24)20-11-6-12-28-20/h3-13,17,22-23H,1-2H3. The number of fused-ring (bicyclic) bond motifs is 3. The van der Waals surface area contributed by atoms with Gasteiger partial charge in [-0.1, -0.05) is 30.3 Å². The molecule has 0 saturated carbocycles. The van der Waals surface area contributed by atoms with Gasteiger partial charge in [0.15, 0.2) is 17.7 Å². The highest BCUT2D eigenvalue weighted by atomic mass is 32.1. The van der Waals surface area contributed by atoms with Crippen molar-refractivity contribution < 1.29 is 14.2 Å². The zero-order valence-corrected chi connectivity index (χ0v) is 16.4. The molecule has 0 bridgehead atoms. The van der Waals surface area contributed by atoms with Crippen molar-refractivity contribution in [3.63, 3.8) is 0 Å². The van der Waals surface area contributed by atoms with Crippen LogP contribution in [-0.4, -0.2) is 19.2 Å². The lowest BCUT2D eigenvalue weighted by atomic mass is 10.0. The second-order valence-electron chi connectivity index (χ2n) is 6.61. The Bertz CT molecular complexity index is 1030. The van der Waals surface area contributed by atoms with E-state index in [1.807, 2.05) is 36.4 Å². The van der Waals surface area contributed by atoms with Crippen LogP contribution in [0, 0.1) is 0 Å². The molecule has 0 fully saturated rings. The molecule has 5 rings (SSSR count). The smallest absolute Gasteiger partial charge is 0.199 e. The lowest BCUT2D eigenvalue weighted by Gasteiger charge is -2.39. The number of methoxy groups -OCH3 is 2. The third-order valence-corrected chi connectivity index (χ3v) is 5.99. The monoisotopic (exact) mass is 392 g/mol. The van der Waals surface area contributed by atoms with Crippen molar-refractivity contribution in [1.29, 1.82) is 0 Å². The Balaban J connectivity index is 1.62. The third kappa shape index (κ3) is 2.65. The van der Waals surface area contributed by atoms with Gasteiger partial charge in [0.2, 0.25) is 0 Å². The van der Waals surface area contributed by atoms with E-state index in [0.717, 1.165) is 22.6 Å². The molecule has 0 aliphatic carbocycles. The molecule has 2 aliphatic rings. The number of rotatable bonds is 4. The molecule has 0 amide bonds. The quantitative estimate of drug-likeness (QED) is 0.694. The Morgan fingerprint density at radius 2 is 1.82 bits per heavy atom. The second-order valence-corrected chi connectivity index (χ2v) is 7.56. The molecule has 2 aromatic carbocycles. The molecular weight excluding hydrogens is 372 g/mol. The van der Waals surface area contributed by atoms with E-state index in [4.69, 9.17) is 14.2 Å². The number of thiophene rings is 1. The number of para-hydroxylation sites is 2. The minimum absolute atomic E-state index is 0.0583. The highest BCUT2D eigenvalue weighted by Crippen LogP contribution is 2.48. The minimum Gasteiger partial charge on any atom is -0.493 e. The lowest BCUT2D eigenvalue weighted by molar-refractivity contribution is -0.0339. The summed E-state index contributed by atoms with van der Waals surface area (Å²) in [5.74, 6) is 2.24. The van der Waals surface area contributed by atoms with Crippen molar-refractivity contribution in [1.82, 2.24) is 10.4 Å². The highest BCUT2D eigenvalue weighted by Gasteiger charge is 2.41. The van der Waals surface area contributed by atoms with Gasteiger partial charge in [0.1, 0.15) is 5.75 Å². The van der Waals surface area contributed by atoms with Gasteiger partial charge in [0, 0.05) is 5.56 Å². The van der Waals surface area contributed by atoms with E-state index in [1.54, 1.807) is 25.6 Å². The number of hydrogen-bond donors (Lipinski definition) is 1. The SMILES string of the molecule is COc1cccc(C2Oc3ccccc3C3C=C(c4cccs4)NN32)c1OC. The second kappa shape index (κ2) is 6.89. The summed E-state index contributed by atoms with van der Waals surface area (Å²) in [6, 6.07) is 18.3. The van der Waals surface area contributed by atoms with Crippen LogP contribution in [0.1, 0.15) is 28.3 Å². The Kier molecular flexibility index (Phi) is 4.22. The largest absolute Gasteiger partial charge is 0.493 e. The van der Waals surface area contributed by atoms with E-state index >= 15 is 0 Å². The lowest BCUT2D eigenvalue weighted by Crippen LogP contribution is -2.43. The van der Waals surface area contributed by atoms with Crippen LogP contribution in [0.25, 0.3) is 5.70 Å². The molecule has 2 aliphatic heterocycles. The average molecular weight is 392 g/mol. The first-order chi connectivity index (χ1) is 13.8. The fourth-order valence-corrected chi connectivity index (χ4v) is 4.53. The summed E-state index contributed by atoms with van der Waals surface area (Å²) >= 11 is 1.71. The first kappa shape index (κ1) is 17.2. The van der Waals surface area contributed by atoms with Crippen LogP contribution in [0.3, 0.4) is 0 Å². The average Bonchev–Trinajstić information content (AvgIpc) is 3.42. The molecule has 3 heterocycles. The molecular formula is C22H20N2O3S. The first-order valence-corrected chi connectivity index (χ1v) is 9.95. The number of ether oxygens (including phenoxy) is 3. The number of benzene rings is 2. The first-order valence-electron chi connectivity index (χ1n) is 9.07. The van der Waals surface area contributed by atoms with E-state index in [0.29, 0.717) is 11.5 Å². The van der Waals surface area contributed by atoms with Crippen molar-refractivity contribution in [3.8, 4) is 17.2 Å². The Hall–Kier alpha value is -2.96. The molecule has 1 N–H and O–H groups in total. The highest BCUT2D eigenvalue weighted by molar-refractivity contribution is 7.11. The van der Waals surface area contributed by atoms with Crippen LogP contribution < -0.4 is 19.6 Å². The van der Waals surface area contributed by atoms with Crippen molar-refractivity contribution in [3.05, 3.63) is 82.1 Å². The zero-order valence-electron chi connectivity index (χ0n) is 15.6. The molecule has 1 aromatic heterocycles. The predicted molar refractivity (Wildman–Crippen MR) is 109 cm³/mol. The summed E-state index contributed by atoms with van der Waals surface area (Å²) in [4.78, 5) is 1.20. The van der Waals surface area contributed by atoms with Crippen LogP contribution in [0.15, 0.2) is 66.1 Å². The summed E-state index contributed by atoms with van der Waals surface area (Å²) in [6.07, 6.45) is 1.89. The molecule has 2 unspecified atom stereocenters. The van der Waals surface area contributed by atoms with Crippen LogP contribution in [0.2, 0.25) is 0 Å². The molecule has 3 aromatic rings. The van der Waals surface area contributed by atoms with E-state index in [1.165, 1.54) is 4.88 Å². The minimum atomic E-state index is -0.362.